The Morgan fingerprint density at radius 1 is 1.17 bits per heavy atom. The molecule has 7 heteroatoms. The van der Waals surface area contributed by atoms with Crippen LogP contribution in [0.1, 0.15) is 43.2 Å². The predicted molar refractivity (Wildman–Crippen MR) is 134 cm³/mol. The van der Waals surface area contributed by atoms with Crippen LogP contribution in [0.3, 0.4) is 0 Å². The van der Waals surface area contributed by atoms with Gasteiger partial charge in [0.05, 0.1) is 13.2 Å². The number of aliphatic imine (C=N–C) groups is 1. The van der Waals surface area contributed by atoms with Gasteiger partial charge < -0.3 is 20.1 Å². The lowest BCUT2D eigenvalue weighted by Gasteiger charge is -2.30. The maximum atomic E-state index is 5.45. The first-order valence-electron chi connectivity index (χ1n) is 11.0. The van der Waals surface area contributed by atoms with Crippen molar-refractivity contribution in [3.05, 3.63) is 35.4 Å². The smallest absolute Gasteiger partial charge is 0.191 e. The summed E-state index contributed by atoms with van der Waals surface area (Å²) in [5.74, 6) is 0.882. The van der Waals surface area contributed by atoms with Gasteiger partial charge in [-0.25, -0.2) is 0 Å². The van der Waals surface area contributed by atoms with Crippen molar-refractivity contribution in [2.75, 3.05) is 53.6 Å². The van der Waals surface area contributed by atoms with E-state index in [4.69, 9.17) is 9.47 Å². The second-order valence-corrected chi connectivity index (χ2v) is 8.44. The van der Waals surface area contributed by atoms with Crippen molar-refractivity contribution in [2.24, 2.45) is 10.4 Å². The van der Waals surface area contributed by atoms with Gasteiger partial charge in [-0.05, 0) is 35.8 Å². The number of ether oxygens (including phenoxy) is 2. The second kappa shape index (κ2) is 13.5. The lowest BCUT2D eigenvalue weighted by molar-refractivity contribution is 0.0342. The van der Waals surface area contributed by atoms with Gasteiger partial charge in [-0.3, -0.25) is 9.89 Å². The van der Waals surface area contributed by atoms with Crippen LogP contribution in [-0.2, 0) is 22.6 Å². The van der Waals surface area contributed by atoms with Gasteiger partial charge in [0.2, 0.25) is 0 Å². The molecule has 0 spiro atoms. The van der Waals surface area contributed by atoms with E-state index in [9.17, 15) is 0 Å². The van der Waals surface area contributed by atoms with E-state index in [1.807, 2.05) is 7.05 Å². The molecule has 1 saturated heterocycles. The Hall–Kier alpha value is -0.900. The van der Waals surface area contributed by atoms with E-state index in [1.165, 1.54) is 36.8 Å². The predicted octanol–water partition coefficient (Wildman–Crippen LogP) is 3.40. The highest BCUT2D eigenvalue weighted by atomic mass is 127. The third kappa shape index (κ3) is 7.98. The van der Waals surface area contributed by atoms with Crippen LogP contribution >= 0.6 is 24.0 Å². The van der Waals surface area contributed by atoms with Crippen LogP contribution < -0.4 is 10.6 Å². The molecule has 0 aromatic heterocycles. The maximum Gasteiger partial charge on any atom is 0.191 e. The molecule has 2 aliphatic rings. The molecule has 6 nitrogen and oxygen atoms in total. The average molecular weight is 530 g/mol. The van der Waals surface area contributed by atoms with Crippen LogP contribution in [0.2, 0.25) is 0 Å². The zero-order valence-electron chi connectivity index (χ0n) is 18.6. The first-order valence-corrected chi connectivity index (χ1v) is 11.0. The van der Waals surface area contributed by atoms with Crippen molar-refractivity contribution in [1.29, 1.82) is 0 Å². The Bertz CT molecular complexity index is 644. The minimum atomic E-state index is 0. The number of guanidine groups is 1. The summed E-state index contributed by atoms with van der Waals surface area (Å²) in [6.07, 6.45) is 6.34. The number of methoxy groups -OCH3 is 1. The fourth-order valence-electron chi connectivity index (χ4n) is 4.49. The van der Waals surface area contributed by atoms with Gasteiger partial charge in [-0.2, -0.15) is 0 Å². The molecule has 1 aromatic rings. The van der Waals surface area contributed by atoms with Crippen molar-refractivity contribution in [2.45, 2.75) is 45.2 Å². The van der Waals surface area contributed by atoms with Crippen molar-refractivity contribution in [3.63, 3.8) is 0 Å². The summed E-state index contributed by atoms with van der Waals surface area (Å²) in [5, 5.41) is 7.06. The minimum absolute atomic E-state index is 0. The van der Waals surface area contributed by atoms with Crippen molar-refractivity contribution >= 4 is 29.9 Å². The molecule has 170 valence electrons. The highest BCUT2D eigenvalue weighted by Crippen LogP contribution is 2.40. The molecule has 1 heterocycles. The standard InChI is InChI=1S/C23H38N4O2.HI/c1-24-22(26-19-23(10-13-28-2)8-3-4-9-23)25-17-20-6-5-7-21(16-20)18-27-11-14-29-15-12-27;/h5-7,16H,3-4,8-15,17-19H2,1-2H3,(H2,24,25,26);1H. The first kappa shape index (κ1) is 25.4. The van der Waals surface area contributed by atoms with Gasteiger partial charge in [-0.1, -0.05) is 37.1 Å². The molecular weight excluding hydrogens is 491 g/mol. The van der Waals surface area contributed by atoms with E-state index in [0.29, 0.717) is 5.41 Å². The number of hydrogen-bond acceptors (Lipinski definition) is 4. The molecule has 0 unspecified atom stereocenters. The summed E-state index contributed by atoms with van der Waals surface area (Å²) in [4.78, 5) is 6.89. The third-order valence-corrected chi connectivity index (χ3v) is 6.32. The van der Waals surface area contributed by atoms with E-state index in [1.54, 1.807) is 7.11 Å². The Kier molecular flexibility index (Phi) is 11.4. The van der Waals surface area contributed by atoms with Crippen molar-refractivity contribution in [1.82, 2.24) is 15.5 Å². The number of nitrogens with zero attached hydrogens (tertiary/aromatic N) is 2. The molecule has 0 radical (unpaired) electrons. The van der Waals surface area contributed by atoms with Gasteiger partial charge in [0, 0.05) is 53.5 Å². The largest absolute Gasteiger partial charge is 0.385 e. The lowest BCUT2D eigenvalue weighted by atomic mass is 9.83. The number of hydrogen-bond donors (Lipinski definition) is 2. The Morgan fingerprint density at radius 3 is 2.60 bits per heavy atom. The maximum absolute atomic E-state index is 5.45. The fraction of sp³-hybridized carbons (Fsp3) is 0.696. The SMILES string of the molecule is CN=C(NCc1cccc(CN2CCOCC2)c1)NCC1(CCOC)CCCC1.I. The molecule has 0 bridgehead atoms. The summed E-state index contributed by atoms with van der Waals surface area (Å²) < 4.78 is 10.8. The average Bonchev–Trinajstić information content (AvgIpc) is 3.22. The molecule has 1 aliphatic heterocycles. The van der Waals surface area contributed by atoms with E-state index in [0.717, 1.165) is 64.9 Å². The van der Waals surface area contributed by atoms with Gasteiger partial charge in [-0.15, -0.1) is 24.0 Å². The van der Waals surface area contributed by atoms with Gasteiger partial charge in [0.25, 0.3) is 0 Å². The Balaban J connectivity index is 0.00000320. The summed E-state index contributed by atoms with van der Waals surface area (Å²) in [6, 6.07) is 8.85. The molecular formula is C23H39IN4O2. The molecule has 0 atom stereocenters. The van der Waals surface area contributed by atoms with E-state index < -0.39 is 0 Å². The summed E-state index contributed by atoms with van der Waals surface area (Å²) >= 11 is 0. The lowest BCUT2D eigenvalue weighted by Crippen LogP contribution is -2.43. The van der Waals surface area contributed by atoms with Crippen LogP contribution in [0, 0.1) is 5.41 Å². The molecule has 2 N–H and O–H groups in total. The molecule has 1 aliphatic carbocycles. The monoisotopic (exact) mass is 530 g/mol. The number of halogens is 1. The molecule has 1 saturated carbocycles. The minimum Gasteiger partial charge on any atom is -0.385 e. The van der Waals surface area contributed by atoms with E-state index in [2.05, 4.69) is 44.8 Å². The fourth-order valence-corrected chi connectivity index (χ4v) is 4.49. The number of benzene rings is 1. The first-order chi connectivity index (χ1) is 14.2. The zero-order chi connectivity index (χ0) is 20.4. The number of rotatable bonds is 9. The summed E-state index contributed by atoms with van der Waals surface area (Å²) in [7, 11) is 3.64. The van der Waals surface area contributed by atoms with Crippen LogP contribution in [0.5, 0.6) is 0 Å². The van der Waals surface area contributed by atoms with Crippen LogP contribution in [0.25, 0.3) is 0 Å². The molecule has 3 rings (SSSR count). The topological polar surface area (TPSA) is 58.1 Å². The van der Waals surface area contributed by atoms with E-state index >= 15 is 0 Å². The van der Waals surface area contributed by atoms with Crippen LogP contribution in [-0.4, -0.2) is 64.5 Å². The molecule has 30 heavy (non-hydrogen) atoms. The Labute approximate surface area is 199 Å². The molecule has 1 aromatic carbocycles. The number of morpholine rings is 1. The van der Waals surface area contributed by atoms with Gasteiger partial charge in [0.15, 0.2) is 5.96 Å². The van der Waals surface area contributed by atoms with Crippen LogP contribution in [0.4, 0.5) is 0 Å². The van der Waals surface area contributed by atoms with Crippen LogP contribution in [0.15, 0.2) is 29.3 Å². The second-order valence-electron chi connectivity index (χ2n) is 8.44. The van der Waals surface area contributed by atoms with E-state index in [-0.39, 0.29) is 24.0 Å². The normalized spacial score (nSPS) is 19.3. The highest BCUT2D eigenvalue weighted by Gasteiger charge is 2.33. The quantitative estimate of drug-likeness (QED) is 0.291. The highest BCUT2D eigenvalue weighted by molar-refractivity contribution is 14.0. The Morgan fingerprint density at radius 2 is 1.90 bits per heavy atom. The summed E-state index contributed by atoms with van der Waals surface area (Å²) in [5.41, 5.74) is 3.00. The van der Waals surface area contributed by atoms with Gasteiger partial charge >= 0.3 is 0 Å². The van der Waals surface area contributed by atoms with Crippen molar-refractivity contribution in [3.8, 4) is 0 Å². The molecule has 0 amide bonds. The zero-order valence-corrected chi connectivity index (χ0v) is 21.0. The number of nitrogens with one attached hydrogen (secondary N) is 2. The van der Waals surface area contributed by atoms with Crippen molar-refractivity contribution < 1.29 is 9.47 Å². The summed E-state index contributed by atoms with van der Waals surface area (Å²) in [6.45, 7) is 7.29. The molecule has 2 fully saturated rings. The third-order valence-electron chi connectivity index (χ3n) is 6.32. The van der Waals surface area contributed by atoms with Gasteiger partial charge in [0.1, 0.15) is 0 Å².